The average Bonchev–Trinajstić information content (AvgIpc) is 3.44. The third kappa shape index (κ3) is 4.08. The summed E-state index contributed by atoms with van der Waals surface area (Å²) in [5.74, 6) is 1.00. The van der Waals surface area contributed by atoms with Crippen LogP contribution in [0.5, 0.6) is 0 Å². The molecule has 0 radical (unpaired) electrons. The van der Waals surface area contributed by atoms with E-state index in [2.05, 4.69) is 19.9 Å². The minimum Gasteiger partial charge on any atom is -0.369 e. The fourth-order valence-corrected chi connectivity index (χ4v) is 5.68. The molecule has 3 saturated heterocycles. The maximum Gasteiger partial charge on any atom is 0.228 e. The van der Waals surface area contributed by atoms with Crippen LogP contribution in [0.3, 0.4) is 0 Å². The molecule has 32 heavy (non-hydrogen) atoms. The Balaban J connectivity index is 1.11. The molecular formula is C24H32FN5O2. The van der Waals surface area contributed by atoms with Gasteiger partial charge in [-0.1, -0.05) is 5.16 Å². The van der Waals surface area contributed by atoms with Gasteiger partial charge in [0.05, 0.1) is 5.41 Å². The molecule has 3 aliphatic heterocycles. The second-order valence-corrected chi connectivity index (χ2v) is 9.49. The molecule has 1 spiro atoms. The summed E-state index contributed by atoms with van der Waals surface area (Å²) in [6.07, 6.45) is 5.35. The summed E-state index contributed by atoms with van der Waals surface area (Å²) in [7, 11) is 1.98. The maximum absolute atomic E-state index is 13.2. The predicted molar refractivity (Wildman–Crippen MR) is 121 cm³/mol. The minimum atomic E-state index is -0.207. The maximum atomic E-state index is 13.2. The van der Waals surface area contributed by atoms with Crippen LogP contribution in [0.2, 0.25) is 0 Å². The monoisotopic (exact) mass is 441 g/mol. The predicted octanol–water partition coefficient (Wildman–Crippen LogP) is 2.84. The van der Waals surface area contributed by atoms with Crippen LogP contribution in [-0.4, -0.2) is 79.8 Å². The van der Waals surface area contributed by atoms with E-state index in [9.17, 15) is 9.18 Å². The Kier molecular flexibility index (Phi) is 5.80. The molecule has 2 aromatic rings. The quantitative estimate of drug-likeness (QED) is 0.711. The standard InChI is InChI=1S/C24H32FN5O2/c1-27-21(6-10-28-13-15-29(16-14-28)20-4-2-19(25)3-5-20)18-24(23(27)31)8-11-30(12-9-24)22-7-17-32-26-22/h2-5,7,17,21H,6,8-16,18H2,1H3. The van der Waals surface area contributed by atoms with Crippen LogP contribution in [0.1, 0.15) is 25.7 Å². The normalized spacial score (nSPS) is 24.0. The first-order valence-corrected chi connectivity index (χ1v) is 11.7. The highest BCUT2D eigenvalue weighted by atomic mass is 19.1. The highest BCUT2D eigenvalue weighted by Crippen LogP contribution is 2.45. The van der Waals surface area contributed by atoms with E-state index in [1.54, 1.807) is 6.26 Å². The van der Waals surface area contributed by atoms with Gasteiger partial charge in [0.15, 0.2) is 5.82 Å². The molecule has 7 nitrogen and oxygen atoms in total. The van der Waals surface area contributed by atoms with Crippen LogP contribution in [-0.2, 0) is 4.79 Å². The van der Waals surface area contributed by atoms with Crippen LogP contribution in [0.25, 0.3) is 0 Å². The van der Waals surface area contributed by atoms with Gasteiger partial charge in [0, 0.05) is 70.7 Å². The molecule has 1 aromatic heterocycles. The van der Waals surface area contributed by atoms with E-state index in [-0.39, 0.29) is 11.2 Å². The number of anilines is 2. The Bertz CT molecular complexity index is 903. The van der Waals surface area contributed by atoms with Gasteiger partial charge in [-0.2, -0.15) is 0 Å². The summed E-state index contributed by atoms with van der Waals surface area (Å²) >= 11 is 0. The van der Waals surface area contributed by atoms with Crippen molar-refractivity contribution in [2.75, 3.05) is 62.7 Å². The molecule has 3 fully saturated rings. The lowest BCUT2D eigenvalue weighted by molar-refractivity contribution is -0.136. The molecule has 0 saturated carbocycles. The molecule has 0 N–H and O–H groups in total. The Labute approximate surface area is 188 Å². The zero-order chi connectivity index (χ0) is 22.1. The van der Waals surface area contributed by atoms with Crippen LogP contribution in [0.4, 0.5) is 15.9 Å². The van der Waals surface area contributed by atoms with Gasteiger partial charge in [-0.25, -0.2) is 4.39 Å². The zero-order valence-corrected chi connectivity index (χ0v) is 18.8. The average molecular weight is 442 g/mol. The first-order valence-electron chi connectivity index (χ1n) is 11.7. The van der Waals surface area contributed by atoms with Gasteiger partial charge >= 0.3 is 0 Å². The van der Waals surface area contributed by atoms with Crippen molar-refractivity contribution in [2.24, 2.45) is 5.41 Å². The molecule has 0 aliphatic carbocycles. The molecule has 8 heteroatoms. The SMILES string of the molecule is CN1C(=O)C2(CCN(c3ccon3)CC2)CC1CCN1CCN(c2ccc(F)cc2)CC1. The second-order valence-electron chi connectivity index (χ2n) is 9.49. The lowest BCUT2D eigenvalue weighted by Crippen LogP contribution is -2.47. The number of amides is 1. The highest BCUT2D eigenvalue weighted by molar-refractivity contribution is 5.85. The van der Waals surface area contributed by atoms with Gasteiger partial charge in [-0.15, -0.1) is 0 Å². The number of likely N-dealkylation sites (tertiary alicyclic amines) is 1. The van der Waals surface area contributed by atoms with Crippen molar-refractivity contribution in [3.63, 3.8) is 0 Å². The van der Waals surface area contributed by atoms with Crippen molar-refractivity contribution in [3.8, 4) is 0 Å². The Morgan fingerprint density at radius 1 is 1.03 bits per heavy atom. The van der Waals surface area contributed by atoms with Crippen molar-refractivity contribution >= 4 is 17.4 Å². The van der Waals surface area contributed by atoms with E-state index < -0.39 is 0 Å². The van der Waals surface area contributed by atoms with E-state index in [4.69, 9.17) is 4.52 Å². The van der Waals surface area contributed by atoms with Crippen LogP contribution in [0, 0.1) is 11.2 Å². The first kappa shape index (κ1) is 21.2. The number of aromatic nitrogens is 1. The molecule has 5 rings (SSSR count). The summed E-state index contributed by atoms with van der Waals surface area (Å²) in [5.41, 5.74) is 0.882. The number of piperazine rings is 1. The molecular weight excluding hydrogens is 409 g/mol. The largest absolute Gasteiger partial charge is 0.369 e. The van der Waals surface area contributed by atoms with Gasteiger partial charge in [-0.05, 0) is 49.9 Å². The first-order chi connectivity index (χ1) is 15.5. The smallest absolute Gasteiger partial charge is 0.228 e. The summed E-state index contributed by atoms with van der Waals surface area (Å²) in [5, 5.41) is 4.04. The van der Waals surface area contributed by atoms with E-state index in [0.29, 0.717) is 11.9 Å². The molecule has 0 bridgehead atoms. The summed E-state index contributed by atoms with van der Waals surface area (Å²) in [4.78, 5) is 22.2. The Morgan fingerprint density at radius 3 is 2.41 bits per heavy atom. The van der Waals surface area contributed by atoms with E-state index in [0.717, 1.165) is 83.0 Å². The number of carbonyl (C=O) groups is 1. The third-order valence-electron chi connectivity index (χ3n) is 7.76. The van der Waals surface area contributed by atoms with Crippen molar-refractivity contribution in [1.29, 1.82) is 0 Å². The Hall–Kier alpha value is -2.61. The molecule has 172 valence electrons. The Morgan fingerprint density at radius 2 is 1.75 bits per heavy atom. The third-order valence-corrected chi connectivity index (χ3v) is 7.76. The number of hydrogen-bond donors (Lipinski definition) is 0. The minimum absolute atomic E-state index is 0.191. The summed E-state index contributed by atoms with van der Waals surface area (Å²) in [6, 6.07) is 8.98. The lowest BCUT2D eigenvalue weighted by atomic mass is 9.75. The molecule has 4 heterocycles. The molecule has 1 unspecified atom stereocenters. The van der Waals surface area contributed by atoms with Crippen molar-refractivity contribution in [2.45, 2.75) is 31.7 Å². The zero-order valence-electron chi connectivity index (χ0n) is 18.8. The van der Waals surface area contributed by atoms with Crippen molar-refractivity contribution in [1.82, 2.24) is 15.0 Å². The number of halogens is 1. The van der Waals surface area contributed by atoms with Crippen LogP contribution < -0.4 is 9.80 Å². The van der Waals surface area contributed by atoms with Crippen LogP contribution >= 0.6 is 0 Å². The number of carbonyl (C=O) groups excluding carboxylic acids is 1. The highest BCUT2D eigenvalue weighted by Gasteiger charge is 2.51. The van der Waals surface area contributed by atoms with Crippen molar-refractivity contribution in [3.05, 3.63) is 42.4 Å². The number of hydrogen-bond acceptors (Lipinski definition) is 6. The fraction of sp³-hybridized carbons (Fsp3) is 0.583. The van der Waals surface area contributed by atoms with Crippen molar-refractivity contribution < 1.29 is 13.7 Å². The van der Waals surface area contributed by atoms with Gasteiger partial charge < -0.3 is 19.2 Å². The number of rotatable bonds is 5. The number of piperidine rings is 1. The number of nitrogens with zero attached hydrogens (tertiary/aromatic N) is 5. The van der Waals surface area contributed by atoms with Crippen LogP contribution in [0.15, 0.2) is 41.1 Å². The van der Waals surface area contributed by atoms with E-state index in [1.165, 1.54) is 12.1 Å². The summed E-state index contributed by atoms with van der Waals surface area (Å²) in [6.45, 7) is 6.62. The number of benzene rings is 1. The molecule has 1 aromatic carbocycles. The van der Waals surface area contributed by atoms with E-state index in [1.807, 2.05) is 30.1 Å². The summed E-state index contributed by atoms with van der Waals surface area (Å²) < 4.78 is 18.2. The topological polar surface area (TPSA) is 56.1 Å². The van der Waals surface area contributed by atoms with E-state index >= 15 is 0 Å². The van der Waals surface area contributed by atoms with Gasteiger partial charge in [-0.3, -0.25) is 9.69 Å². The lowest BCUT2D eigenvalue weighted by Gasteiger charge is -2.37. The molecule has 1 atom stereocenters. The van der Waals surface area contributed by atoms with Gasteiger partial charge in [0.2, 0.25) is 5.91 Å². The molecule has 1 amide bonds. The van der Waals surface area contributed by atoms with Gasteiger partial charge in [0.1, 0.15) is 12.1 Å². The van der Waals surface area contributed by atoms with Gasteiger partial charge in [0.25, 0.3) is 0 Å². The molecule has 3 aliphatic rings. The second kappa shape index (κ2) is 8.73. The fourth-order valence-electron chi connectivity index (χ4n) is 5.68.